The van der Waals surface area contributed by atoms with E-state index in [1.54, 1.807) is 27.7 Å². The van der Waals surface area contributed by atoms with Crippen LogP contribution in [0, 0.1) is 0 Å². The van der Waals surface area contributed by atoms with Crippen LogP contribution in [0.15, 0.2) is 0 Å². The second kappa shape index (κ2) is 5.33. The minimum Gasteiger partial charge on any atom is -0.457 e. The lowest BCUT2D eigenvalue weighted by atomic mass is 10.1. The van der Waals surface area contributed by atoms with Crippen molar-refractivity contribution in [3.8, 4) is 0 Å². The first kappa shape index (κ1) is 15.3. The van der Waals surface area contributed by atoms with E-state index < -0.39 is 23.1 Å². The summed E-state index contributed by atoms with van der Waals surface area (Å²) in [6.45, 7) is 8.42. The molecule has 2 aliphatic rings. The van der Waals surface area contributed by atoms with E-state index in [9.17, 15) is 9.59 Å². The van der Waals surface area contributed by atoms with Crippen molar-refractivity contribution in [3.05, 3.63) is 0 Å². The highest BCUT2D eigenvalue weighted by molar-refractivity contribution is 5.78. The first-order valence-electron chi connectivity index (χ1n) is 6.87. The molecular formula is C14H22O6. The van der Waals surface area contributed by atoms with Crippen LogP contribution in [0.25, 0.3) is 0 Å². The van der Waals surface area contributed by atoms with Gasteiger partial charge in [-0.1, -0.05) is 0 Å². The summed E-state index contributed by atoms with van der Waals surface area (Å²) in [6.07, 6.45) is -0.0543. The van der Waals surface area contributed by atoms with Crippen molar-refractivity contribution in [3.63, 3.8) is 0 Å². The summed E-state index contributed by atoms with van der Waals surface area (Å²) in [6, 6.07) is 0. The van der Waals surface area contributed by atoms with Crippen LogP contribution in [0.3, 0.4) is 0 Å². The summed E-state index contributed by atoms with van der Waals surface area (Å²) in [4.78, 5) is 23.4. The largest absolute Gasteiger partial charge is 0.457 e. The number of carbonyl (C=O) groups is 2. The van der Waals surface area contributed by atoms with Gasteiger partial charge in [-0.05, 0) is 27.7 Å². The molecule has 114 valence electrons. The average molecular weight is 286 g/mol. The van der Waals surface area contributed by atoms with E-state index >= 15 is 0 Å². The zero-order valence-corrected chi connectivity index (χ0v) is 12.4. The van der Waals surface area contributed by atoms with Crippen molar-refractivity contribution in [1.29, 1.82) is 0 Å². The Bertz CT molecular complexity index is 354. The topological polar surface area (TPSA) is 77.7 Å². The molecule has 0 bridgehead atoms. The Morgan fingerprint density at radius 3 is 1.45 bits per heavy atom. The molecule has 0 aromatic carbocycles. The van der Waals surface area contributed by atoms with Gasteiger partial charge in [0.15, 0.2) is 0 Å². The lowest BCUT2D eigenvalue weighted by molar-refractivity contribution is -0.165. The molecule has 6 nitrogen and oxygen atoms in total. The Morgan fingerprint density at radius 2 is 1.20 bits per heavy atom. The SMILES string of the molecule is CC(C)(OC(=O)CCC(=O)OC(C)(C)C1CO1)C1CO1. The van der Waals surface area contributed by atoms with Crippen LogP contribution in [0.2, 0.25) is 0 Å². The predicted octanol–water partition coefficient (Wildman–Crippen LogP) is 1.21. The van der Waals surface area contributed by atoms with Gasteiger partial charge >= 0.3 is 11.9 Å². The zero-order valence-electron chi connectivity index (χ0n) is 12.4. The number of rotatable bonds is 7. The third-order valence-electron chi connectivity index (χ3n) is 3.50. The summed E-state index contributed by atoms with van der Waals surface area (Å²) in [5.41, 5.74) is -1.27. The van der Waals surface area contributed by atoms with Crippen LogP contribution < -0.4 is 0 Å². The molecule has 0 aliphatic carbocycles. The molecule has 2 rings (SSSR count). The van der Waals surface area contributed by atoms with Gasteiger partial charge in [-0.15, -0.1) is 0 Å². The summed E-state index contributed by atoms with van der Waals surface area (Å²) in [7, 11) is 0. The normalized spacial score (nSPS) is 25.0. The smallest absolute Gasteiger partial charge is 0.307 e. The molecule has 0 amide bonds. The van der Waals surface area contributed by atoms with E-state index in [-0.39, 0.29) is 25.0 Å². The highest BCUT2D eigenvalue weighted by Gasteiger charge is 2.44. The fourth-order valence-corrected chi connectivity index (χ4v) is 1.92. The first-order valence-corrected chi connectivity index (χ1v) is 6.87. The zero-order chi connectivity index (χ0) is 15.0. The molecule has 0 aromatic heterocycles. The fraction of sp³-hybridized carbons (Fsp3) is 0.857. The van der Waals surface area contributed by atoms with Gasteiger partial charge in [0.1, 0.15) is 23.4 Å². The van der Waals surface area contributed by atoms with Gasteiger partial charge in [0, 0.05) is 0 Å². The quantitative estimate of drug-likeness (QED) is 0.517. The summed E-state index contributed by atoms with van der Waals surface area (Å²) in [5, 5.41) is 0. The van der Waals surface area contributed by atoms with Gasteiger partial charge in [0.2, 0.25) is 0 Å². The highest BCUT2D eigenvalue weighted by Crippen LogP contribution is 2.29. The van der Waals surface area contributed by atoms with Gasteiger partial charge in [-0.3, -0.25) is 9.59 Å². The third-order valence-corrected chi connectivity index (χ3v) is 3.50. The van der Waals surface area contributed by atoms with E-state index in [1.165, 1.54) is 0 Å². The maximum Gasteiger partial charge on any atom is 0.307 e. The number of carbonyl (C=O) groups excluding carboxylic acids is 2. The molecule has 2 fully saturated rings. The van der Waals surface area contributed by atoms with Crippen LogP contribution >= 0.6 is 0 Å². The number of hydrogen-bond donors (Lipinski definition) is 0. The molecule has 2 atom stereocenters. The van der Waals surface area contributed by atoms with Crippen LogP contribution in [-0.2, 0) is 28.5 Å². The van der Waals surface area contributed by atoms with Crippen LogP contribution in [0.5, 0.6) is 0 Å². The molecule has 6 heteroatoms. The fourth-order valence-electron chi connectivity index (χ4n) is 1.92. The molecule has 20 heavy (non-hydrogen) atoms. The Labute approximate surface area is 118 Å². The third kappa shape index (κ3) is 4.18. The van der Waals surface area contributed by atoms with Gasteiger partial charge in [-0.2, -0.15) is 0 Å². The number of hydrogen-bond acceptors (Lipinski definition) is 6. The highest BCUT2D eigenvalue weighted by atomic mass is 16.6. The lowest BCUT2D eigenvalue weighted by Gasteiger charge is -2.24. The molecule has 0 spiro atoms. The molecule has 2 saturated heterocycles. The molecule has 0 saturated carbocycles. The maximum atomic E-state index is 11.7. The lowest BCUT2D eigenvalue weighted by Crippen LogP contribution is -2.35. The molecular weight excluding hydrogens is 264 g/mol. The van der Waals surface area contributed by atoms with E-state index in [2.05, 4.69) is 0 Å². The minimum atomic E-state index is -0.637. The van der Waals surface area contributed by atoms with Crippen LogP contribution in [0.4, 0.5) is 0 Å². The monoisotopic (exact) mass is 286 g/mol. The predicted molar refractivity (Wildman–Crippen MR) is 69.1 cm³/mol. The molecule has 0 radical (unpaired) electrons. The molecule has 0 N–H and O–H groups in total. The van der Waals surface area contributed by atoms with Crippen LogP contribution in [0.1, 0.15) is 40.5 Å². The number of epoxide rings is 2. The molecule has 2 unspecified atom stereocenters. The van der Waals surface area contributed by atoms with Crippen molar-refractivity contribution < 1.29 is 28.5 Å². The van der Waals surface area contributed by atoms with Gasteiger partial charge in [0.25, 0.3) is 0 Å². The minimum absolute atomic E-state index is 0.0105. The molecule has 2 heterocycles. The van der Waals surface area contributed by atoms with Crippen molar-refractivity contribution in [2.75, 3.05) is 13.2 Å². The van der Waals surface area contributed by atoms with Crippen molar-refractivity contribution in [1.82, 2.24) is 0 Å². The van der Waals surface area contributed by atoms with E-state index in [4.69, 9.17) is 18.9 Å². The Balaban J connectivity index is 1.68. The summed E-state index contributed by atoms with van der Waals surface area (Å²) >= 11 is 0. The Kier molecular flexibility index (Phi) is 4.07. The van der Waals surface area contributed by atoms with Crippen molar-refractivity contribution >= 4 is 11.9 Å². The van der Waals surface area contributed by atoms with E-state index in [1.807, 2.05) is 0 Å². The summed E-state index contributed by atoms with van der Waals surface area (Å²) < 4.78 is 20.8. The summed E-state index contributed by atoms with van der Waals surface area (Å²) in [5.74, 6) is -0.828. The van der Waals surface area contributed by atoms with Gasteiger partial charge in [0.05, 0.1) is 26.1 Å². The Morgan fingerprint density at radius 1 is 0.900 bits per heavy atom. The molecule has 0 aromatic rings. The second-order valence-electron chi connectivity index (χ2n) is 6.30. The number of ether oxygens (including phenoxy) is 4. The standard InChI is InChI=1S/C14H22O6/c1-13(2,9-7-17-9)19-11(15)5-6-12(16)20-14(3,4)10-8-18-10/h9-10H,5-8H2,1-4H3. The van der Waals surface area contributed by atoms with E-state index in [0.29, 0.717) is 13.2 Å². The Hall–Kier alpha value is -1.14. The van der Waals surface area contributed by atoms with Crippen LogP contribution in [-0.4, -0.2) is 48.6 Å². The van der Waals surface area contributed by atoms with Crippen molar-refractivity contribution in [2.45, 2.75) is 63.9 Å². The maximum absolute atomic E-state index is 11.7. The van der Waals surface area contributed by atoms with Gasteiger partial charge < -0.3 is 18.9 Å². The van der Waals surface area contributed by atoms with Gasteiger partial charge in [-0.25, -0.2) is 0 Å². The number of esters is 2. The first-order chi connectivity index (χ1) is 9.21. The average Bonchev–Trinajstić information content (AvgIpc) is 3.18. The second-order valence-corrected chi connectivity index (χ2v) is 6.30. The van der Waals surface area contributed by atoms with E-state index in [0.717, 1.165) is 0 Å². The molecule has 2 aliphatic heterocycles. The van der Waals surface area contributed by atoms with Crippen molar-refractivity contribution in [2.24, 2.45) is 0 Å².